The first kappa shape index (κ1) is 24.6. The van der Waals surface area contributed by atoms with Gasteiger partial charge in [-0.3, -0.25) is 24.6 Å². The first-order valence-electron chi connectivity index (χ1n) is 11.9. The van der Waals surface area contributed by atoms with Gasteiger partial charge in [-0.05, 0) is 36.9 Å². The third-order valence-corrected chi connectivity index (χ3v) is 6.71. The Morgan fingerprint density at radius 1 is 0.943 bits per heavy atom. The minimum Gasteiger partial charge on any atom is -0.362 e. The van der Waals surface area contributed by atoms with Gasteiger partial charge in [0.15, 0.2) is 0 Å². The van der Waals surface area contributed by atoms with E-state index < -0.39 is 10.8 Å². The fourth-order valence-corrected chi connectivity index (χ4v) is 4.50. The molecule has 2 amide bonds. The van der Waals surface area contributed by atoms with Crippen molar-refractivity contribution < 1.29 is 14.5 Å². The van der Waals surface area contributed by atoms with Crippen molar-refractivity contribution in [3.63, 3.8) is 0 Å². The summed E-state index contributed by atoms with van der Waals surface area (Å²) in [6.45, 7) is 8.63. The normalized spacial score (nSPS) is 17.3. The summed E-state index contributed by atoms with van der Waals surface area (Å²) in [6.07, 6.45) is 0. The van der Waals surface area contributed by atoms with E-state index in [9.17, 15) is 19.7 Å². The van der Waals surface area contributed by atoms with E-state index in [1.54, 1.807) is 17.0 Å². The Morgan fingerprint density at radius 2 is 1.60 bits per heavy atom. The molecular weight excluding hydrogens is 448 g/mol. The van der Waals surface area contributed by atoms with Crippen LogP contribution >= 0.6 is 0 Å². The number of benzene rings is 2. The van der Waals surface area contributed by atoms with Crippen LogP contribution in [0.15, 0.2) is 42.5 Å². The maximum absolute atomic E-state index is 12.8. The first-order valence-corrected chi connectivity index (χ1v) is 11.9. The van der Waals surface area contributed by atoms with Gasteiger partial charge in [0.05, 0.1) is 4.92 Å². The molecule has 10 heteroatoms. The fourth-order valence-electron chi connectivity index (χ4n) is 4.50. The molecule has 2 heterocycles. The van der Waals surface area contributed by atoms with Gasteiger partial charge in [0.25, 0.3) is 11.6 Å². The molecule has 2 saturated heterocycles. The van der Waals surface area contributed by atoms with Crippen LogP contribution in [0.25, 0.3) is 0 Å². The number of hydrogen-bond donors (Lipinski definition) is 1. The van der Waals surface area contributed by atoms with Crippen molar-refractivity contribution in [3.05, 3.63) is 63.7 Å². The van der Waals surface area contributed by atoms with E-state index in [1.165, 1.54) is 18.6 Å². The second-order valence-electron chi connectivity index (χ2n) is 9.18. The third-order valence-electron chi connectivity index (χ3n) is 6.71. The maximum atomic E-state index is 12.8. The van der Waals surface area contributed by atoms with Gasteiger partial charge < -0.3 is 20.0 Å². The van der Waals surface area contributed by atoms with Gasteiger partial charge in [-0.15, -0.1) is 0 Å². The summed E-state index contributed by atoms with van der Waals surface area (Å²) in [5, 5.41) is 14.6. The zero-order chi connectivity index (χ0) is 24.9. The van der Waals surface area contributed by atoms with Gasteiger partial charge in [0.1, 0.15) is 5.69 Å². The number of nitro groups is 1. The molecule has 2 aliphatic heterocycles. The number of nitrogens with zero attached hydrogens (tertiary/aromatic N) is 5. The highest BCUT2D eigenvalue weighted by Gasteiger charge is 2.26. The van der Waals surface area contributed by atoms with Crippen LogP contribution in [0.4, 0.5) is 17.1 Å². The van der Waals surface area contributed by atoms with Gasteiger partial charge in [0.2, 0.25) is 5.91 Å². The number of amides is 2. The van der Waals surface area contributed by atoms with E-state index in [-0.39, 0.29) is 17.2 Å². The Kier molecular flexibility index (Phi) is 7.62. The molecule has 2 fully saturated rings. The number of nitrogens with one attached hydrogen (secondary N) is 1. The number of carbonyl (C=O) groups excluding carboxylic acids is 2. The van der Waals surface area contributed by atoms with Gasteiger partial charge >= 0.3 is 0 Å². The summed E-state index contributed by atoms with van der Waals surface area (Å²) < 4.78 is 0. The maximum Gasteiger partial charge on any atom is 0.293 e. The monoisotopic (exact) mass is 480 g/mol. The molecule has 0 aliphatic carbocycles. The van der Waals surface area contributed by atoms with E-state index in [2.05, 4.69) is 22.2 Å². The van der Waals surface area contributed by atoms with Gasteiger partial charge in [-0.25, -0.2) is 0 Å². The molecule has 0 radical (unpaired) electrons. The van der Waals surface area contributed by atoms with Crippen LogP contribution in [0.1, 0.15) is 22.8 Å². The van der Waals surface area contributed by atoms with Crippen molar-refractivity contribution in [2.75, 3.05) is 69.6 Å². The molecule has 10 nitrogen and oxygen atoms in total. The highest BCUT2D eigenvalue weighted by molar-refractivity contribution is 6.05. The molecule has 35 heavy (non-hydrogen) atoms. The highest BCUT2D eigenvalue weighted by atomic mass is 16.6. The lowest BCUT2D eigenvalue weighted by Crippen LogP contribution is -2.48. The lowest BCUT2D eigenvalue weighted by atomic mass is 10.1. The Bertz CT molecular complexity index is 1070. The predicted molar refractivity (Wildman–Crippen MR) is 135 cm³/mol. The molecule has 1 N–H and O–H groups in total. The van der Waals surface area contributed by atoms with Crippen molar-refractivity contribution >= 4 is 28.9 Å². The smallest absolute Gasteiger partial charge is 0.293 e. The number of nitro benzene ring substituents is 1. The molecule has 0 atom stereocenters. The summed E-state index contributed by atoms with van der Waals surface area (Å²) in [7, 11) is 2.13. The van der Waals surface area contributed by atoms with Crippen LogP contribution in [0.2, 0.25) is 0 Å². The molecule has 186 valence electrons. The number of rotatable bonds is 6. The SMILES string of the molecule is CC(=O)N1CCN(c2ccc(C(=O)Nc3ccc(CN4CCN(C)CC4)cc3)cc2[N+](=O)[O-])CC1. The van der Waals surface area contributed by atoms with E-state index in [4.69, 9.17) is 0 Å². The van der Waals surface area contributed by atoms with E-state index in [0.29, 0.717) is 37.6 Å². The average Bonchev–Trinajstić information content (AvgIpc) is 2.86. The Morgan fingerprint density at radius 3 is 2.20 bits per heavy atom. The van der Waals surface area contributed by atoms with Crippen LogP contribution in [0.5, 0.6) is 0 Å². The van der Waals surface area contributed by atoms with Crippen LogP contribution in [-0.4, -0.2) is 90.8 Å². The van der Waals surface area contributed by atoms with Crippen molar-refractivity contribution in [1.82, 2.24) is 14.7 Å². The van der Waals surface area contributed by atoms with E-state index >= 15 is 0 Å². The Hall–Kier alpha value is -3.50. The highest BCUT2D eigenvalue weighted by Crippen LogP contribution is 2.30. The van der Waals surface area contributed by atoms with E-state index in [0.717, 1.165) is 32.7 Å². The largest absolute Gasteiger partial charge is 0.362 e. The standard InChI is InChI=1S/C25H32N6O4/c1-19(32)29-13-15-30(16-14-29)23-8-5-21(17-24(23)31(34)35)25(33)26-22-6-3-20(4-7-22)18-28-11-9-27(2)10-12-28/h3-8,17H,9-16,18H2,1-2H3,(H,26,33). The van der Waals surface area contributed by atoms with Gasteiger partial charge in [-0.2, -0.15) is 0 Å². The average molecular weight is 481 g/mol. The topological polar surface area (TPSA) is 102 Å². The van der Waals surface area contributed by atoms with Crippen molar-refractivity contribution in [2.24, 2.45) is 0 Å². The van der Waals surface area contributed by atoms with Crippen molar-refractivity contribution in [3.8, 4) is 0 Å². The Labute approximate surface area is 205 Å². The van der Waals surface area contributed by atoms with Gasteiger partial charge in [0, 0.05) is 83.1 Å². The molecule has 0 unspecified atom stereocenters. The number of carbonyl (C=O) groups is 2. The summed E-state index contributed by atoms with van der Waals surface area (Å²) in [4.78, 5) is 44.0. The summed E-state index contributed by atoms with van der Waals surface area (Å²) in [5.74, 6) is -0.397. The van der Waals surface area contributed by atoms with E-state index in [1.807, 2.05) is 29.2 Å². The van der Waals surface area contributed by atoms with Crippen LogP contribution in [0, 0.1) is 10.1 Å². The number of anilines is 2. The molecule has 2 aromatic carbocycles. The fraction of sp³-hybridized carbons (Fsp3) is 0.440. The van der Waals surface area contributed by atoms with Crippen LogP contribution < -0.4 is 10.2 Å². The minimum atomic E-state index is -0.462. The molecule has 4 rings (SSSR count). The number of likely N-dealkylation sites (N-methyl/N-ethyl adjacent to an activating group) is 1. The Balaban J connectivity index is 1.39. The number of hydrogen-bond acceptors (Lipinski definition) is 7. The quantitative estimate of drug-likeness (QED) is 0.500. The molecule has 2 aromatic rings. The van der Waals surface area contributed by atoms with Crippen LogP contribution in [0.3, 0.4) is 0 Å². The zero-order valence-corrected chi connectivity index (χ0v) is 20.3. The second kappa shape index (κ2) is 10.8. The second-order valence-corrected chi connectivity index (χ2v) is 9.18. The lowest BCUT2D eigenvalue weighted by molar-refractivity contribution is -0.384. The van der Waals surface area contributed by atoms with Crippen molar-refractivity contribution in [2.45, 2.75) is 13.5 Å². The molecule has 0 aromatic heterocycles. The number of piperazine rings is 2. The predicted octanol–water partition coefficient (Wildman–Crippen LogP) is 2.26. The summed E-state index contributed by atoms with van der Waals surface area (Å²) in [5.41, 5.74) is 2.39. The van der Waals surface area contributed by atoms with Crippen LogP contribution in [-0.2, 0) is 11.3 Å². The van der Waals surface area contributed by atoms with Crippen molar-refractivity contribution in [1.29, 1.82) is 0 Å². The minimum absolute atomic E-state index is 0.00136. The van der Waals surface area contributed by atoms with Gasteiger partial charge in [-0.1, -0.05) is 12.1 Å². The third kappa shape index (κ3) is 6.14. The molecule has 0 bridgehead atoms. The first-order chi connectivity index (χ1) is 16.8. The molecule has 0 spiro atoms. The molecule has 2 aliphatic rings. The summed E-state index contributed by atoms with van der Waals surface area (Å²) in [6, 6.07) is 12.3. The molecule has 0 saturated carbocycles. The molecular formula is C25H32N6O4. The lowest BCUT2D eigenvalue weighted by Gasteiger charge is -2.35. The zero-order valence-electron chi connectivity index (χ0n) is 20.3. The summed E-state index contributed by atoms with van der Waals surface area (Å²) >= 11 is 0.